The van der Waals surface area contributed by atoms with Gasteiger partial charge in [0.05, 0.1) is 45.2 Å². The van der Waals surface area contributed by atoms with Crippen LogP contribution in [0.25, 0.3) is 11.8 Å². The molecule has 1 atom stereocenters. The summed E-state index contributed by atoms with van der Waals surface area (Å²) in [6.07, 6.45) is -5.97. The van der Waals surface area contributed by atoms with Crippen LogP contribution in [0.15, 0.2) is 68.0 Å². The van der Waals surface area contributed by atoms with E-state index in [0.29, 0.717) is 45.0 Å². The molecule has 4 radical (unpaired) electrons. The molecule has 2 heterocycles. The van der Waals surface area contributed by atoms with E-state index in [1.54, 1.807) is 20.0 Å². The van der Waals surface area contributed by atoms with E-state index in [0.717, 1.165) is 17.7 Å². The minimum atomic E-state index is -4.51. The summed E-state index contributed by atoms with van der Waals surface area (Å²) in [5.41, 5.74) is 3.09. The zero-order chi connectivity index (χ0) is 33.6. The van der Waals surface area contributed by atoms with Crippen LogP contribution in [-0.4, -0.2) is 41.0 Å². The highest BCUT2D eigenvalue weighted by Crippen LogP contribution is 2.55. The predicted molar refractivity (Wildman–Crippen MR) is 168 cm³/mol. The Morgan fingerprint density at radius 1 is 1.07 bits per heavy atom. The third kappa shape index (κ3) is 6.68. The molecular weight excluding hydrogens is 618 g/mol. The fourth-order valence-electron chi connectivity index (χ4n) is 5.35. The molecule has 45 heavy (non-hydrogen) atoms. The second-order valence-corrected chi connectivity index (χ2v) is 10.9. The van der Waals surface area contributed by atoms with Gasteiger partial charge in [-0.1, -0.05) is 44.3 Å². The topological polar surface area (TPSA) is 30.5 Å². The molecule has 4 nitrogen and oxygen atoms in total. The minimum Gasteiger partial charge on any atom is -0.388 e. The van der Waals surface area contributed by atoms with Crippen molar-refractivity contribution >= 4 is 56.1 Å². The van der Waals surface area contributed by atoms with Gasteiger partial charge in [-0.15, -0.1) is 0 Å². The first-order valence-corrected chi connectivity index (χ1v) is 13.7. The summed E-state index contributed by atoms with van der Waals surface area (Å²) in [5, 5.41) is 5.30. The number of hydrogen-bond donors (Lipinski definition) is 2. The van der Waals surface area contributed by atoms with E-state index in [4.69, 9.17) is 27.3 Å². The maximum Gasteiger partial charge on any atom is 0.416 e. The Morgan fingerprint density at radius 2 is 1.73 bits per heavy atom. The third-order valence-electron chi connectivity index (χ3n) is 7.14. The summed E-state index contributed by atoms with van der Waals surface area (Å²) < 4.78 is 89.7. The molecule has 232 valence electrons. The van der Waals surface area contributed by atoms with E-state index in [2.05, 4.69) is 30.4 Å². The van der Waals surface area contributed by atoms with Crippen molar-refractivity contribution in [1.29, 1.82) is 0 Å². The first-order chi connectivity index (χ1) is 20.9. The fraction of sp³-hybridized carbons (Fsp3) is 0.226. The lowest BCUT2D eigenvalue weighted by Crippen LogP contribution is -2.48. The molecule has 0 saturated carbocycles. The number of nitrogens with zero attached hydrogens (tertiary/aromatic N) is 2. The normalized spacial score (nSPS) is 15.8. The van der Waals surface area contributed by atoms with Crippen LogP contribution in [0, 0.1) is 11.6 Å². The van der Waals surface area contributed by atoms with Gasteiger partial charge in [0.2, 0.25) is 0 Å². The average molecular weight is 645 g/mol. The summed E-state index contributed by atoms with van der Waals surface area (Å²) in [5.74, 6) is -1.12. The second kappa shape index (κ2) is 12.4. The number of nitrogens with one attached hydrogen (secondary N) is 2. The number of fused-ring (bicyclic) bond motifs is 3. The highest BCUT2D eigenvalue weighted by Gasteiger charge is 2.44. The summed E-state index contributed by atoms with van der Waals surface area (Å²) in [6.45, 7) is 12.3. The van der Waals surface area contributed by atoms with Crippen molar-refractivity contribution in [2.24, 2.45) is 0 Å². The van der Waals surface area contributed by atoms with Gasteiger partial charge in [-0.25, -0.2) is 17.6 Å². The Kier molecular flexibility index (Phi) is 9.36. The molecule has 2 N–H and O–H groups in total. The monoisotopic (exact) mass is 644 g/mol. The summed E-state index contributed by atoms with van der Waals surface area (Å²) in [4.78, 5) is 2.90. The van der Waals surface area contributed by atoms with Gasteiger partial charge in [0.15, 0.2) is 0 Å². The molecule has 0 spiro atoms. The predicted octanol–water partition coefficient (Wildman–Crippen LogP) is 8.05. The lowest BCUT2D eigenvalue weighted by molar-refractivity contribution is -0.137. The molecule has 5 rings (SSSR count). The van der Waals surface area contributed by atoms with Gasteiger partial charge in [0.1, 0.15) is 17.5 Å². The molecule has 2 aliphatic heterocycles. The number of anilines is 3. The summed E-state index contributed by atoms with van der Waals surface area (Å²) >= 11 is 6.40. The molecule has 3 aromatic carbocycles. The molecule has 2 aliphatic rings. The van der Waals surface area contributed by atoms with Crippen LogP contribution in [-0.2, 0) is 6.18 Å². The zero-order valence-electron chi connectivity index (χ0n) is 24.2. The zero-order valence-corrected chi connectivity index (χ0v) is 24.9. The van der Waals surface area contributed by atoms with Crippen LogP contribution in [0.2, 0.25) is 5.02 Å². The van der Waals surface area contributed by atoms with Crippen molar-refractivity contribution in [1.82, 2.24) is 5.32 Å². The van der Waals surface area contributed by atoms with Gasteiger partial charge in [0.25, 0.3) is 6.43 Å². The molecule has 0 fully saturated rings. The van der Waals surface area contributed by atoms with Crippen LogP contribution in [0.1, 0.15) is 40.8 Å². The highest BCUT2D eigenvalue weighted by molar-refractivity contribution is 6.42. The number of hydrogen-bond acceptors (Lipinski definition) is 4. The van der Waals surface area contributed by atoms with Gasteiger partial charge in [0, 0.05) is 40.1 Å². The standard InChI is InChI=1S/C22H20B2ClF3N4.C9H6F4/c1-10-18-19(20(30-10)13-7-12(26)5-6-14(13)25)15(29-4)8-16-21(18)32(22(3,23)24)11(2)31(16)9-17(27)28;1-2-6-3-7(9(11,12)13)5-8(10)4-6/h5-8,17,20,29-30H,1-2,9H2,3-4H3;2-5H,1H2. The summed E-state index contributed by atoms with van der Waals surface area (Å²) in [7, 11) is 14.2. The molecule has 0 aromatic heterocycles. The largest absolute Gasteiger partial charge is 0.416 e. The molecule has 0 amide bonds. The Hall–Kier alpha value is -3.99. The van der Waals surface area contributed by atoms with Crippen LogP contribution in [0.4, 0.5) is 47.8 Å². The lowest BCUT2D eigenvalue weighted by Gasteiger charge is -2.37. The molecule has 3 aromatic rings. The SMILES string of the molecule is C=Cc1cc(F)cc(C(F)(F)F)c1.[B]C([B])(C)N1C(=C)N(CC(F)F)c2cc(NC)c3c(c21)C(=C)NC3c1cc(F)ccc1Cl. The Balaban J connectivity index is 0.000000297. The molecule has 1 unspecified atom stereocenters. The van der Waals surface area contributed by atoms with Crippen LogP contribution in [0.3, 0.4) is 0 Å². The minimum absolute atomic E-state index is 0.118. The smallest absolute Gasteiger partial charge is 0.388 e. The van der Waals surface area contributed by atoms with Crippen molar-refractivity contribution in [3.63, 3.8) is 0 Å². The van der Waals surface area contributed by atoms with Gasteiger partial charge in [-0.3, -0.25) is 0 Å². The number of benzene rings is 3. The molecule has 0 bridgehead atoms. The number of alkyl halides is 5. The van der Waals surface area contributed by atoms with E-state index in [1.165, 1.54) is 34.1 Å². The maximum atomic E-state index is 14.1. The van der Waals surface area contributed by atoms with E-state index in [1.807, 2.05) is 0 Å². The second-order valence-electron chi connectivity index (χ2n) is 10.5. The maximum absolute atomic E-state index is 14.1. The molecule has 0 aliphatic carbocycles. The van der Waals surface area contributed by atoms with E-state index < -0.39 is 47.7 Å². The molecule has 14 heteroatoms. The summed E-state index contributed by atoms with van der Waals surface area (Å²) in [6, 6.07) is 7.59. The third-order valence-corrected chi connectivity index (χ3v) is 7.48. The Morgan fingerprint density at radius 3 is 2.29 bits per heavy atom. The van der Waals surface area contributed by atoms with E-state index in [-0.39, 0.29) is 11.4 Å². The first kappa shape index (κ1) is 33.9. The van der Waals surface area contributed by atoms with Crippen LogP contribution in [0.5, 0.6) is 0 Å². The first-order valence-electron chi connectivity index (χ1n) is 13.3. The van der Waals surface area contributed by atoms with Crippen molar-refractivity contribution in [2.75, 3.05) is 28.7 Å². The van der Waals surface area contributed by atoms with Crippen molar-refractivity contribution in [3.8, 4) is 0 Å². The highest BCUT2D eigenvalue weighted by atomic mass is 35.5. The lowest BCUT2D eigenvalue weighted by atomic mass is 9.62. The number of halogens is 8. The van der Waals surface area contributed by atoms with Gasteiger partial charge >= 0.3 is 6.18 Å². The number of rotatable bonds is 6. The Labute approximate surface area is 264 Å². The van der Waals surface area contributed by atoms with Gasteiger partial charge in [-0.2, -0.15) is 13.2 Å². The molecule has 0 saturated heterocycles. The van der Waals surface area contributed by atoms with E-state index >= 15 is 0 Å². The van der Waals surface area contributed by atoms with Crippen molar-refractivity contribution < 1.29 is 30.7 Å². The van der Waals surface area contributed by atoms with Crippen LogP contribution < -0.4 is 20.4 Å². The Bertz CT molecular complexity index is 1670. The van der Waals surface area contributed by atoms with Crippen molar-refractivity contribution in [2.45, 2.75) is 30.9 Å². The van der Waals surface area contributed by atoms with E-state index in [9.17, 15) is 30.7 Å². The average Bonchev–Trinajstić information content (AvgIpc) is 3.42. The van der Waals surface area contributed by atoms with Gasteiger partial charge < -0.3 is 20.4 Å². The quantitative estimate of drug-likeness (QED) is 0.210. The van der Waals surface area contributed by atoms with Gasteiger partial charge in [-0.05, 0) is 53.4 Å². The van der Waals surface area contributed by atoms with Crippen LogP contribution >= 0.6 is 11.6 Å². The fourth-order valence-corrected chi connectivity index (χ4v) is 5.58. The molecular formula is C31H26B2ClF7N4. The van der Waals surface area contributed by atoms with Crippen molar-refractivity contribution in [3.05, 3.63) is 112 Å².